The Morgan fingerprint density at radius 2 is 2.14 bits per heavy atom. The molecule has 0 spiro atoms. The van der Waals surface area contributed by atoms with Crippen LogP contribution in [0.5, 0.6) is 5.75 Å². The lowest BCUT2D eigenvalue weighted by atomic mass is 10.1. The zero-order chi connectivity index (χ0) is 20.3. The number of phenolic OH excluding ortho intramolecular Hbond substituents is 1. The highest BCUT2D eigenvalue weighted by Crippen LogP contribution is 2.28. The standard InChI is InChI=1S/C11H12N2O2.C10H14FNO/c14-9-5-2-6-13-10-7(9)3-1-4-8(10)12-11(13)15;1-7(12)2-3-8-6-9(11)4-5-10(8)13/h1,3-4,9,14H,2,5-6H2,(H,12,15);4-7,13H,2-3,12H2,1H3. The van der Waals surface area contributed by atoms with Crippen LogP contribution in [0.25, 0.3) is 11.0 Å². The number of nitrogens with two attached hydrogens (primary N) is 1. The molecule has 0 saturated carbocycles. The molecule has 0 radical (unpaired) electrons. The third-order valence-electron chi connectivity index (χ3n) is 4.95. The molecule has 3 aromatic rings. The van der Waals surface area contributed by atoms with E-state index in [1.807, 2.05) is 25.1 Å². The number of H-pyrrole nitrogens is 1. The first kappa shape index (κ1) is 20.1. The van der Waals surface area contributed by atoms with Crippen LogP contribution in [0.2, 0.25) is 0 Å². The number of rotatable bonds is 3. The molecule has 4 rings (SSSR count). The predicted molar refractivity (Wildman–Crippen MR) is 107 cm³/mol. The van der Waals surface area contributed by atoms with Crippen LogP contribution in [0, 0.1) is 5.82 Å². The fourth-order valence-electron chi connectivity index (χ4n) is 3.47. The Morgan fingerprint density at radius 1 is 1.36 bits per heavy atom. The normalized spacial score (nSPS) is 16.9. The summed E-state index contributed by atoms with van der Waals surface area (Å²) in [4.78, 5) is 14.4. The molecule has 28 heavy (non-hydrogen) atoms. The summed E-state index contributed by atoms with van der Waals surface area (Å²) < 4.78 is 14.5. The number of phenols is 1. The number of nitrogens with zero attached hydrogens (tertiary/aromatic N) is 1. The van der Waals surface area contributed by atoms with E-state index in [0.717, 1.165) is 35.9 Å². The van der Waals surface area contributed by atoms with E-state index in [0.29, 0.717) is 18.5 Å². The molecule has 150 valence electrons. The van der Waals surface area contributed by atoms with Gasteiger partial charge in [-0.2, -0.15) is 0 Å². The average Bonchev–Trinajstić information content (AvgIpc) is 2.87. The average molecular weight is 387 g/mol. The molecule has 2 heterocycles. The highest BCUT2D eigenvalue weighted by atomic mass is 19.1. The number of aromatic amines is 1. The van der Waals surface area contributed by atoms with Crippen LogP contribution in [0.3, 0.4) is 0 Å². The topological polar surface area (TPSA) is 104 Å². The molecule has 5 N–H and O–H groups in total. The van der Waals surface area contributed by atoms with E-state index in [1.165, 1.54) is 18.2 Å². The van der Waals surface area contributed by atoms with Crippen LogP contribution < -0.4 is 11.4 Å². The molecule has 0 aliphatic carbocycles. The number of aromatic hydroxyl groups is 1. The van der Waals surface area contributed by atoms with Crippen molar-refractivity contribution in [3.05, 3.63) is 63.8 Å². The summed E-state index contributed by atoms with van der Waals surface area (Å²) in [6.07, 6.45) is 2.47. The number of halogens is 1. The SMILES string of the molecule is CC(N)CCc1cc(F)ccc1O.O=c1[nH]c2cccc3c2n1CCCC3O. The van der Waals surface area contributed by atoms with Gasteiger partial charge in [0.25, 0.3) is 0 Å². The Bertz CT molecular complexity index is 1010. The second kappa shape index (κ2) is 8.58. The molecule has 1 aliphatic rings. The maximum Gasteiger partial charge on any atom is 0.326 e. The van der Waals surface area contributed by atoms with Crippen molar-refractivity contribution >= 4 is 11.0 Å². The predicted octanol–water partition coefficient (Wildman–Crippen LogP) is 2.97. The number of imidazole rings is 1. The number of para-hydroxylation sites is 1. The summed E-state index contributed by atoms with van der Waals surface area (Å²) in [6.45, 7) is 2.57. The van der Waals surface area contributed by atoms with Gasteiger partial charge in [-0.1, -0.05) is 12.1 Å². The van der Waals surface area contributed by atoms with E-state index in [1.54, 1.807) is 4.57 Å². The van der Waals surface area contributed by atoms with Gasteiger partial charge in [-0.3, -0.25) is 4.57 Å². The maximum atomic E-state index is 12.7. The first-order valence-electron chi connectivity index (χ1n) is 9.49. The van der Waals surface area contributed by atoms with Crippen molar-refractivity contribution in [3.8, 4) is 5.75 Å². The Hall–Kier alpha value is -2.64. The van der Waals surface area contributed by atoms with Crippen LogP contribution in [-0.2, 0) is 13.0 Å². The molecular formula is C21H26FN3O3. The van der Waals surface area contributed by atoms with Gasteiger partial charge < -0.3 is 20.9 Å². The van der Waals surface area contributed by atoms with Crippen LogP contribution in [0.1, 0.15) is 43.4 Å². The minimum atomic E-state index is -0.447. The third-order valence-corrected chi connectivity index (χ3v) is 4.95. The molecule has 7 heteroatoms. The van der Waals surface area contributed by atoms with E-state index in [4.69, 9.17) is 5.73 Å². The molecular weight excluding hydrogens is 361 g/mol. The highest BCUT2D eigenvalue weighted by molar-refractivity contribution is 5.79. The van der Waals surface area contributed by atoms with Gasteiger partial charge in [0, 0.05) is 18.2 Å². The van der Waals surface area contributed by atoms with Crippen LogP contribution >= 0.6 is 0 Å². The van der Waals surface area contributed by atoms with Crippen molar-refractivity contribution in [2.75, 3.05) is 0 Å². The first-order chi connectivity index (χ1) is 13.4. The van der Waals surface area contributed by atoms with Crippen LogP contribution in [0.15, 0.2) is 41.2 Å². The lowest BCUT2D eigenvalue weighted by Gasteiger charge is -2.07. The Labute approximate surface area is 162 Å². The summed E-state index contributed by atoms with van der Waals surface area (Å²) >= 11 is 0. The fourth-order valence-corrected chi connectivity index (χ4v) is 3.47. The summed E-state index contributed by atoms with van der Waals surface area (Å²) in [6, 6.07) is 9.65. The summed E-state index contributed by atoms with van der Waals surface area (Å²) in [5.74, 6) is -0.181. The number of hydrogen-bond donors (Lipinski definition) is 4. The van der Waals surface area contributed by atoms with Gasteiger partial charge in [-0.25, -0.2) is 9.18 Å². The number of aromatic nitrogens is 2. The summed E-state index contributed by atoms with van der Waals surface area (Å²) in [5, 5.41) is 19.3. The molecule has 0 saturated heterocycles. The second-order valence-corrected chi connectivity index (χ2v) is 7.27. The van der Waals surface area contributed by atoms with Crippen molar-refractivity contribution in [2.45, 2.75) is 51.3 Å². The van der Waals surface area contributed by atoms with Gasteiger partial charge in [0.15, 0.2) is 0 Å². The minimum Gasteiger partial charge on any atom is -0.508 e. The Balaban J connectivity index is 0.000000163. The van der Waals surface area contributed by atoms with Gasteiger partial charge >= 0.3 is 5.69 Å². The number of aliphatic hydroxyl groups excluding tert-OH is 1. The molecule has 0 bridgehead atoms. The quantitative estimate of drug-likeness (QED) is 0.555. The Morgan fingerprint density at radius 3 is 2.89 bits per heavy atom. The summed E-state index contributed by atoms with van der Waals surface area (Å²) in [5.41, 5.74) is 8.65. The lowest BCUT2D eigenvalue weighted by Crippen LogP contribution is -2.16. The molecule has 0 fully saturated rings. The van der Waals surface area contributed by atoms with Gasteiger partial charge in [-0.05, 0) is 62.4 Å². The van der Waals surface area contributed by atoms with Crippen molar-refractivity contribution in [1.29, 1.82) is 0 Å². The van der Waals surface area contributed by atoms with Crippen molar-refractivity contribution < 1.29 is 14.6 Å². The monoisotopic (exact) mass is 387 g/mol. The molecule has 1 aromatic heterocycles. The number of aliphatic hydroxyl groups is 1. The molecule has 2 aromatic carbocycles. The van der Waals surface area contributed by atoms with E-state index in [-0.39, 0.29) is 23.3 Å². The zero-order valence-electron chi connectivity index (χ0n) is 15.9. The van der Waals surface area contributed by atoms with Gasteiger partial charge in [-0.15, -0.1) is 0 Å². The lowest BCUT2D eigenvalue weighted by molar-refractivity contribution is 0.167. The molecule has 6 nitrogen and oxygen atoms in total. The molecule has 2 unspecified atom stereocenters. The Kier molecular flexibility index (Phi) is 6.16. The number of aryl methyl sites for hydroxylation is 2. The summed E-state index contributed by atoms with van der Waals surface area (Å²) in [7, 11) is 0. The maximum absolute atomic E-state index is 12.7. The van der Waals surface area contributed by atoms with E-state index >= 15 is 0 Å². The number of hydrogen-bond acceptors (Lipinski definition) is 4. The fraction of sp³-hybridized carbons (Fsp3) is 0.381. The van der Waals surface area contributed by atoms with E-state index in [2.05, 4.69) is 4.98 Å². The second-order valence-electron chi connectivity index (χ2n) is 7.27. The largest absolute Gasteiger partial charge is 0.508 e. The molecule has 1 aliphatic heterocycles. The minimum absolute atomic E-state index is 0.0719. The number of benzene rings is 2. The van der Waals surface area contributed by atoms with Crippen molar-refractivity contribution in [2.24, 2.45) is 5.73 Å². The molecule has 0 amide bonds. The van der Waals surface area contributed by atoms with Crippen molar-refractivity contribution in [3.63, 3.8) is 0 Å². The smallest absolute Gasteiger partial charge is 0.326 e. The molecule has 2 atom stereocenters. The van der Waals surface area contributed by atoms with Gasteiger partial charge in [0.05, 0.1) is 17.1 Å². The van der Waals surface area contributed by atoms with Gasteiger partial charge in [0.2, 0.25) is 0 Å². The number of nitrogens with one attached hydrogen (secondary N) is 1. The van der Waals surface area contributed by atoms with Crippen LogP contribution in [-0.4, -0.2) is 25.8 Å². The van der Waals surface area contributed by atoms with Gasteiger partial charge in [0.1, 0.15) is 11.6 Å². The van der Waals surface area contributed by atoms with Crippen LogP contribution in [0.4, 0.5) is 4.39 Å². The third kappa shape index (κ3) is 4.43. The van der Waals surface area contributed by atoms with Crippen molar-refractivity contribution in [1.82, 2.24) is 9.55 Å². The van der Waals surface area contributed by atoms with E-state index < -0.39 is 6.10 Å². The zero-order valence-corrected chi connectivity index (χ0v) is 15.9. The van der Waals surface area contributed by atoms with E-state index in [9.17, 15) is 19.4 Å². The highest BCUT2D eigenvalue weighted by Gasteiger charge is 2.19. The first-order valence-corrected chi connectivity index (χ1v) is 9.49.